The van der Waals surface area contributed by atoms with E-state index in [1.165, 1.54) is 0 Å². The normalized spacial score (nSPS) is 11.4. The smallest absolute Gasteiger partial charge is 0.119 e. The first-order valence-electron chi connectivity index (χ1n) is 6.46. The molecule has 0 bridgehead atoms. The maximum absolute atomic E-state index is 8.81. The van der Waals surface area contributed by atoms with Crippen LogP contribution in [0.3, 0.4) is 0 Å². The molecule has 0 fully saturated rings. The van der Waals surface area contributed by atoms with Crippen LogP contribution in [0.4, 0.5) is 0 Å². The van der Waals surface area contributed by atoms with Gasteiger partial charge in [-0.25, -0.2) is 0 Å². The molecule has 20 heavy (non-hydrogen) atoms. The van der Waals surface area contributed by atoms with E-state index in [-0.39, 0.29) is 12.6 Å². The van der Waals surface area contributed by atoms with Crippen molar-refractivity contribution in [2.24, 2.45) is 0 Å². The summed E-state index contributed by atoms with van der Waals surface area (Å²) in [5.41, 5.74) is 1.90. The van der Waals surface area contributed by atoms with Crippen LogP contribution in [-0.2, 0) is 6.54 Å². The predicted octanol–water partition coefficient (Wildman–Crippen LogP) is 1.77. The Hall–Kier alpha value is -2.01. The van der Waals surface area contributed by atoms with Crippen LogP contribution in [0.15, 0.2) is 18.2 Å². The lowest BCUT2D eigenvalue weighted by molar-refractivity contribution is 0.252. The Kier molecular flexibility index (Phi) is 6.59. The first-order valence-corrected chi connectivity index (χ1v) is 6.46. The van der Waals surface area contributed by atoms with Crippen LogP contribution in [0.5, 0.6) is 5.75 Å². The fraction of sp³-hybridized carbons (Fsp3) is 0.438. The van der Waals surface area contributed by atoms with E-state index in [2.05, 4.69) is 22.8 Å². The molecule has 0 aliphatic rings. The van der Waals surface area contributed by atoms with Crippen LogP contribution < -0.4 is 4.74 Å². The van der Waals surface area contributed by atoms with Crippen LogP contribution >= 0.6 is 0 Å². The Morgan fingerprint density at radius 2 is 2.20 bits per heavy atom. The van der Waals surface area contributed by atoms with Gasteiger partial charge in [0.15, 0.2) is 0 Å². The van der Waals surface area contributed by atoms with Crippen molar-refractivity contribution in [3.05, 3.63) is 29.3 Å². The van der Waals surface area contributed by atoms with Crippen molar-refractivity contribution in [2.45, 2.75) is 25.9 Å². The number of rotatable bonds is 5. The molecule has 0 saturated carbocycles. The van der Waals surface area contributed by atoms with Gasteiger partial charge in [-0.15, -0.1) is 0 Å². The lowest BCUT2D eigenvalue weighted by Gasteiger charge is -2.23. The third-order valence-corrected chi connectivity index (χ3v) is 3.17. The van der Waals surface area contributed by atoms with Gasteiger partial charge >= 0.3 is 0 Å². The molecule has 1 aromatic rings. The van der Waals surface area contributed by atoms with Crippen LogP contribution in [0, 0.1) is 23.2 Å². The number of methoxy groups -OCH3 is 1. The summed E-state index contributed by atoms with van der Waals surface area (Å²) in [6.07, 6.45) is 0.484. The van der Waals surface area contributed by atoms with E-state index >= 15 is 0 Å². The van der Waals surface area contributed by atoms with Crippen molar-refractivity contribution in [1.29, 1.82) is 5.26 Å². The number of ether oxygens (including phenoxy) is 1. The molecule has 0 aliphatic carbocycles. The molecule has 1 aromatic carbocycles. The lowest BCUT2D eigenvalue weighted by Crippen LogP contribution is -2.28. The van der Waals surface area contributed by atoms with E-state index < -0.39 is 0 Å². The number of hydrogen-bond donors (Lipinski definition) is 1. The second-order valence-electron chi connectivity index (χ2n) is 4.61. The summed E-state index contributed by atoms with van der Waals surface area (Å²) in [6, 6.07) is 8.03. The average molecular weight is 272 g/mol. The molecule has 1 N–H and O–H groups in total. The minimum absolute atomic E-state index is 0.161. The summed E-state index contributed by atoms with van der Waals surface area (Å²) in [7, 11) is 3.60. The molecule has 1 rings (SSSR count). The fourth-order valence-corrected chi connectivity index (χ4v) is 1.80. The summed E-state index contributed by atoms with van der Waals surface area (Å²) in [4.78, 5) is 2.10. The Labute approximate surface area is 120 Å². The zero-order valence-corrected chi connectivity index (χ0v) is 12.2. The van der Waals surface area contributed by atoms with E-state index in [0.717, 1.165) is 16.9 Å². The van der Waals surface area contributed by atoms with E-state index in [0.29, 0.717) is 13.0 Å². The van der Waals surface area contributed by atoms with Gasteiger partial charge in [-0.3, -0.25) is 4.90 Å². The minimum atomic E-state index is -0.161. The van der Waals surface area contributed by atoms with Gasteiger partial charge in [0.25, 0.3) is 0 Å². The van der Waals surface area contributed by atoms with Crippen molar-refractivity contribution in [2.75, 3.05) is 20.8 Å². The topological polar surface area (TPSA) is 56.5 Å². The highest BCUT2D eigenvalue weighted by atomic mass is 16.5. The predicted molar refractivity (Wildman–Crippen MR) is 78.1 cm³/mol. The molecular weight excluding hydrogens is 252 g/mol. The van der Waals surface area contributed by atoms with Crippen molar-refractivity contribution < 1.29 is 9.84 Å². The van der Waals surface area contributed by atoms with E-state index in [1.807, 2.05) is 32.2 Å². The third kappa shape index (κ3) is 4.59. The van der Waals surface area contributed by atoms with Gasteiger partial charge in [0.2, 0.25) is 0 Å². The molecular formula is C16H20N2O2. The van der Waals surface area contributed by atoms with Crippen LogP contribution in [0.2, 0.25) is 0 Å². The Bertz CT molecular complexity index is 538. The summed E-state index contributed by atoms with van der Waals surface area (Å²) in [5.74, 6) is 6.38. The largest absolute Gasteiger partial charge is 0.497 e. The third-order valence-electron chi connectivity index (χ3n) is 3.17. The number of benzene rings is 1. The molecule has 0 spiro atoms. The van der Waals surface area contributed by atoms with E-state index in [4.69, 9.17) is 15.1 Å². The molecule has 106 valence electrons. The van der Waals surface area contributed by atoms with Crippen molar-refractivity contribution in [3.63, 3.8) is 0 Å². The highest BCUT2D eigenvalue weighted by molar-refractivity contribution is 5.45. The molecule has 0 saturated heterocycles. The van der Waals surface area contributed by atoms with Gasteiger partial charge in [-0.1, -0.05) is 11.8 Å². The molecule has 0 amide bonds. The molecule has 0 aromatic heterocycles. The monoisotopic (exact) mass is 272 g/mol. The molecule has 4 nitrogen and oxygen atoms in total. The highest BCUT2D eigenvalue weighted by Crippen LogP contribution is 2.19. The molecule has 1 atom stereocenters. The number of aliphatic hydroxyl groups is 1. The molecule has 0 heterocycles. The van der Waals surface area contributed by atoms with E-state index in [9.17, 15) is 0 Å². The van der Waals surface area contributed by atoms with Crippen LogP contribution in [-0.4, -0.2) is 36.8 Å². The number of nitriles is 1. The number of hydrogen-bond acceptors (Lipinski definition) is 4. The maximum atomic E-state index is 8.81. The summed E-state index contributed by atoms with van der Waals surface area (Å²) in [5, 5.41) is 17.6. The van der Waals surface area contributed by atoms with Crippen molar-refractivity contribution in [1.82, 2.24) is 4.90 Å². The zero-order valence-electron chi connectivity index (χ0n) is 12.2. The van der Waals surface area contributed by atoms with E-state index in [1.54, 1.807) is 7.11 Å². The quantitative estimate of drug-likeness (QED) is 0.830. The lowest BCUT2D eigenvalue weighted by atomic mass is 10.1. The van der Waals surface area contributed by atoms with Gasteiger partial charge in [0.05, 0.1) is 19.6 Å². The Balaban J connectivity index is 2.98. The SMILES string of the molecule is COc1ccc(C#CCO)c(CN(C)C(C)CC#N)c1. The minimum Gasteiger partial charge on any atom is -0.497 e. The van der Waals surface area contributed by atoms with Gasteiger partial charge in [0.1, 0.15) is 12.4 Å². The molecule has 1 unspecified atom stereocenters. The maximum Gasteiger partial charge on any atom is 0.119 e. The number of nitrogens with zero attached hydrogens (tertiary/aromatic N) is 2. The zero-order chi connectivity index (χ0) is 15.0. The standard InChI is InChI=1S/C16H20N2O2/c1-13(8-9-17)18(2)12-15-11-16(20-3)7-6-14(15)5-4-10-19/h6-7,11,13,19H,8,10,12H2,1-3H3. The fourth-order valence-electron chi connectivity index (χ4n) is 1.80. The second-order valence-corrected chi connectivity index (χ2v) is 4.61. The number of aliphatic hydroxyl groups excluding tert-OH is 1. The summed E-state index contributed by atoms with van der Waals surface area (Å²) < 4.78 is 5.24. The first kappa shape index (κ1) is 16.0. The molecule has 0 radical (unpaired) electrons. The molecule has 0 aliphatic heterocycles. The van der Waals surface area contributed by atoms with Gasteiger partial charge < -0.3 is 9.84 Å². The summed E-state index contributed by atoms with van der Waals surface area (Å²) in [6.45, 7) is 2.53. The van der Waals surface area contributed by atoms with Gasteiger partial charge in [-0.2, -0.15) is 5.26 Å². The summed E-state index contributed by atoms with van der Waals surface area (Å²) >= 11 is 0. The Morgan fingerprint density at radius 1 is 1.45 bits per heavy atom. The van der Waals surface area contributed by atoms with Gasteiger partial charge in [-0.05, 0) is 37.7 Å². The van der Waals surface area contributed by atoms with Crippen LogP contribution in [0.25, 0.3) is 0 Å². The van der Waals surface area contributed by atoms with Crippen LogP contribution in [0.1, 0.15) is 24.5 Å². The average Bonchev–Trinajstić information content (AvgIpc) is 2.46. The molecule has 4 heteroatoms. The Morgan fingerprint density at radius 3 is 2.80 bits per heavy atom. The highest BCUT2D eigenvalue weighted by Gasteiger charge is 2.11. The van der Waals surface area contributed by atoms with Crippen molar-refractivity contribution >= 4 is 0 Å². The van der Waals surface area contributed by atoms with Crippen molar-refractivity contribution in [3.8, 4) is 23.7 Å². The first-order chi connectivity index (χ1) is 9.62. The second kappa shape index (κ2) is 8.22. The van der Waals surface area contributed by atoms with Gasteiger partial charge in [0, 0.05) is 18.2 Å².